The molecule has 16 heteroatoms. The number of aromatic nitrogens is 7. The van der Waals surface area contributed by atoms with Crippen LogP contribution in [-0.2, 0) is 0 Å². The summed E-state index contributed by atoms with van der Waals surface area (Å²) in [6.07, 6.45) is 12.8. The number of aryl methyl sites for hydroxylation is 3. The average Bonchev–Trinajstić information content (AvgIpc) is 0.836. The van der Waals surface area contributed by atoms with Crippen molar-refractivity contribution in [1.29, 1.82) is 0 Å². The van der Waals surface area contributed by atoms with E-state index in [9.17, 15) is 0 Å². The second-order valence-corrected chi connectivity index (χ2v) is 40.8. The first kappa shape index (κ1) is 124. The van der Waals surface area contributed by atoms with Gasteiger partial charge in [-0.2, -0.15) is 0 Å². The third kappa shape index (κ3) is 55.3. The molecule has 16 nitrogen and oxygen atoms in total. The van der Waals surface area contributed by atoms with Crippen LogP contribution in [0, 0.1) is 43.9 Å². The fourth-order valence-electron chi connectivity index (χ4n) is 12.5. The van der Waals surface area contributed by atoms with Gasteiger partial charge in [0.2, 0.25) is 35.3 Å². The quantitative estimate of drug-likeness (QED) is 0.0397. The lowest BCUT2D eigenvalue weighted by atomic mass is 9.96. The van der Waals surface area contributed by atoms with E-state index in [1.54, 1.807) is 14.2 Å². The van der Waals surface area contributed by atoms with Crippen LogP contribution in [0.1, 0.15) is 413 Å². The summed E-state index contributed by atoms with van der Waals surface area (Å²) in [6, 6.07) is 57.2. The van der Waals surface area contributed by atoms with Crippen LogP contribution in [0.4, 0.5) is 5.82 Å². The maximum absolute atomic E-state index is 5.79. The van der Waals surface area contributed by atoms with Crippen molar-refractivity contribution in [2.75, 3.05) is 45.9 Å². The van der Waals surface area contributed by atoms with Gasteiger partial charge in [-0.15, -0.1) is 0 Å². The Hall–Kier alpha value is -10.1. The van der Waals surface area contributed by atoms with Crippen molar-refractivity contribution in [3.05, 3.63) is 261 Å². The predicted molar refractivity (Wildman–Crippen MR) is 581 cm³/mol. The van der Waals surface area contributed by atoms with Gasteiger partial charge in [-0.3, -0.25) is 0 Å². The zero-order valence-electron chi connectivity index (χ0n) is 92.6. The number of ether oxygens (including phenoxy) is 8. The first-order valence-corrected chi connectivity index (χ1v) is 50.8. The number of nitrogens with one attached hydrogen (secondary N) is 1. The van der Waals surface area contributed by atoms with E-state index in [1.807, 2.05) is 123 Å². The molecule has 1 N–H and O–H groups in total. The average molecular weight is 1870 g/mol. The molecule has 0 saturated carbocycles. The van der Waals surface area contributed by atoms with Crippen LogP contribution in [0.2, 0.25) is 0 Å². The Bertz CT molecular complexity index is 4680. The highest BCUT2D eigenvalue weighted by atomic mass is 16.5. The van der Waals surface area contributed by atoms with Crippen LogP contribution in [0.5, 0.6) is 46.8 Å². The molecule has 0 aliphatic heterocycles. The highest BCUT2D eigenvalue weighted by Crippen LogP contribution is 2.30. The summed E-state index contributed by atoms with van der Waals surface area (Å²) in [5.41, 5.74) is 16.4. The van der Waals surface area contributed by atoms with Gasteiger partial charge < -0.3 is 43.2 Å². The van der Waals surface area contributed by atoms with E-state index in [0.717, 1.165) is 128 Å². The van der Waals surface area contributed by atoms with Gasteiger partial charge in [0.25, 0.3) is 0 Å². The van der Waals surface area contributed by atoms with Crippen LogP contribution < -0.4 is 43.2 Å². The molecule has 10 rings (SSSR count). The maximum Gasteiger partial charge on any atom is 0.213 e. The fourth-order valence-corrected chi connectivity index (χ4v) is 12.5. The lowest BCUT2D eigenvalue weighted by Gasteiger charge is -2.18. The zero-order valence-corrected chi connectivity index (χ0v) is 92.6. The Labute approximate surface area is 829 Å². The number of methoxy groups -OCH3 is 2. The van der Waals surface area contributed by atoms with Crippen LogP contribution in [0.25, 0.3) is 0 Å². The molecule has 7 heterocycles. The largest absolute Gasteiger partial charge is 0.497 e. The van der Waals surface area contributed by atoms with E-state index in [1.165, 1.54) is 50.1 Å². The molecular formula is C120H188N8O8. The van der Waals surface area contributed by atoms with Gasteiger partial charge in [-0.1, -0.05) is 313 Å². The Morgan fingerprint density at radius 3 is 1.05 bits per heavy atom. The molecule has 0 aliphatic rings. The topological polar surface area (TPSA) is 176 Å². The Kier molecular flexibility index (Phi) is 62.7. The highest BCUT2D eigenvalue weighted by Gasteiger charge is 2.16. The minimum Gasteiger partial charge on any atom is -0.497 e. The van der Waals surface area contributed by atoms with Gasteiger partial charge in [0.1, 0.15) is 17.3 Å². The zero-order chi connectivity index (χ0) is 103. The van der Waals surface area contributed by atoms with Crippen molar-refractivity contribution in [2.45, 2.75) is 379 Å². The van der Waals surface area contributed by atoms with Gasteiger partial charge in [-0.05, 0) is 254 Å². The van der Waals surface area contributed by atoms with Crippen molar-refractivity contribution < 1.29 is 37.9 Å². The van der Waals surface area contributed by atoms with E-state index < -0.39 is 0 Å². The fraction of sp³-hybridized carbons (Fsp3) is 0.558. The Morgan fingerprint density at radius 2 is 0.691 bits per heavy atom. The third-order valence-corrected chi connectivity index (χ3v) is 21.6. The van der Waals surface area contributed by atoms with E-state index in [-0.39, 0.29) is 11.5 Å². The minimum atomic E-state index is 0.179. The number of anilines is 1. The second kappa shape index (κ2) is 68.8. The standard InChI is InChI=1S/5C13H21NO.C12H20N2.C12H18O.C11H17NO.C11H16O.C9H12/c1-10(2)11-6-7-12(14-8-11)15-9-13(3,4)5;1-10(2)7-8-15-13-6-5-12(9-14-13)11(3)4;1-10(2)8-9-15-13-7-5-6-12(14-13)11(3)4;1-5-12(6-2)15-13-8-7-11(9-14-13)10(3)4;1-5-11(6-2)15-13-9-7-8-12(14-13)10(3)4;1-9(2)8-13-12-7-5-6-11(14-12)10(3)4;1-8(2)11-6-10(4)12(13-5)7-9(11)3;1-8(2)10-6-5-7-11(12-10)13-9(3)4;1-8(2)11-7-10(12-4)6-5-9(11)3;1-8(2)9-6-4-3-5-7-9/h6-8,10H,9H2,1-5H3;5-6,9-11H,7-8H2,1-4H3;5-7,10-11H,8-9H2,1-4H3;7-10,12H,5-6H2,1-4H3;7-11H,5-6H2,1-4H3;5-7,9-10H,8H2,1-4H3,(H,13,14);6-8H,1-5H3;5-9H,1-4H3;5-8H,1-4H3;3-8H,1-2H3. The van der Waals surface area contributed by atoms with Gasteiger partial charge in [0, 0.05) is 84.3 Å². The monoisotopic (exact) mass is 1870 g/mol. The van der Waals surface area contributed by atoms with Gasteiger partial charge >= 0.3 is 0 Å². The normalized spacial score (nSPS) is 11.0. The number of pyridine rings is 7. The van der Waals surface area contributed by atoms with Crippen molar-refractivity contribution in [1.82, 2.24) is 34.9 Å². The highest BCUT2D eigenvalue weighted by molar-refractivity contribution is 5.43. The summed E-state index contributed by atoms with van der Waals surface area (Å²) in [5.74, 6) is 14.6. The Balaban J connectivity index is 0.000000757. The number of rotatable bonds is 35. The van der Waals surface area contributed by atoms with Crippen molar-refractivity contribution in [2.24, 2.45) is 23.2 Å². The Morgan fingerprint density at radius 1 is 0.309 bits per heavy atom. The van der Waals surface area contributed by atoms with Crippen molar-refractivity contribution in [3.63, 3.8) is 0 Å². The predicted octanol–water partition coefficient (Wildman–Crippen LogP) is 34.1. The van der Waals surface area contributed by atoms with Gasteiger partial charge in [0.05, 0.1) is 52.4 Å². The number of hydrogen-bond donors (Lipinski definition) is 1. The molecule has 0 amide bonds. The van der Waals surface area contributed by atoms with E-state index in [2.05, 4.69) is 368 Å². The van der Waals surface area contributed by atoms with Gasteiger partial charge in [-0.25, -0.2) is 34.9 Å². The second-order valence-electron chi connectivity index (χ2n) is 40.8. The van der Waals surface area contributed by atoms with Crippen LogP contribution in [0.15, 0.2) is 188 Å². The lowest BCUT2D eigenvalue weighted by Crippen LogP contribution is -2.17. The molecule has 3 aromatic carbocycles. The molecule has 0 spiro atoms. The van der Waals surface area contributed by atoms with Crippen molar-refractivity contribution in [3.8, 4) is 46.8 Å². The van der Waals surface area contributed by atoms with Crippen LogP contribution >= 0.6 is 0 Å². The molecule has 0 aliphatic carbocycles. The minimum absolute atomic E-state index is 0.179. The van der Waals surface area contributed by atoms with Crippen molar-refractivity contribution >= 4 is 5.82 Å². The maximum atomic E-state index is 5.79. The molecule has 136 heavy (non-hydrogen) atoms. The summed E-state index contributed by atoms with van der Waals surface area (Å²) in [7, 11) is 3.42. The summed E-state index contributed by atoms with van der Waals surface area (Å²) in [4.78, 5) is 30.7. The molecule has 0 atom stereocenters. The molecule has 756 valence electrons. The third-order valence-electron chi connectivity index (χ3n) is 21.6. The molecule has 0 radical (unpaired) electrons. The first-order chi connectivity index (χ1) is 64.1. The molecule has 0 fully saturated rings. The lowest BCUT2D eigenvalue weighted by molar-refractivity contribution is 0.184. The molecular weight excluding hydrogens is 1680 g/mol. The molecule has 7 aromatic heterocycles. The van der Waals surface area contributed by atoms with E-state index in [4.69, 9.17) is 37.9 Å². The number of hydrogen-bond acceptors (Lipinski definition) is 16. The summed E-state index contributed by atoms with van der Waals surface area (Å²) < 4.78 is 44.2. The molecule has 10 aromatic rings. The summed E-state index contributed by atoms with van der Waals surface area (Å²) >= 11 is 0. The summed E-state index contributed by atoms with van der Waals surface area (Å²) in [5, 5.41) is 3.33. The van der Waals surface area contributed by atoms with Crippen LogP contribution in [0.3, 0.4) is 0 Å². The molecule has 0 bridgehead atoms. The van der Waals surface area contributed by atoms with Crippen LogP contribution in [-0.4, -0.2) is 93.8 Å². The first-order valence-electron chi connectivity index (χ1n) is 50.8. The molecule has 0 unspecified atom stereocenters. The SMILES string of the molecule is CC(C)CCOc1ccc(C(C)C)cn1.CC(C)CCOc1cccc(C(C)C)n1.CC(C)CNc1cccc(C(C)C)n1.CC(C)Oc1cccc(C(C)C)n1.CC(C)c1ccc(OCC(C)(C)C)nc1.CC(C)c1ccccc1.CCC(CC)Oc1ccc(C(C)C)cn1.CCC(CC)Oc1cccc(C(C)C)n1.COc1cc(C)c(C(C)C)cc1C.COc1ccc(C)c(C(C)C)c1. The smallest absolute Gasteiger partial charge is 0.213 e. The number of nitrogens with zero attached hydrogens (tertiary/aromatic N) is 7. The summed E-state index contributed by atoms with van der Waals surface area (Å²) in [6.45, 7) is 85.1. The van der Waals surface area contributed by atoms with E-state index in [0.29, 0.717) is 102 Å². The van der Waals surface area contributed by atoms with Gasteiger partial charge in [0.15, 0.2) is 0 Å². The molecule has 0 saturated heterocycles. The number of benzene rings is 3. The van der Waals surface area contributed by atoms with E-state index >= 15 is 0 Å².